The fraction of sp³-hybridized carbons (Fsp3) is 0.455. The summed E-state index contributed by atoms with van der Waals surface area (Å²) in [7, 11) is 0. The summed E-state index contributed by atoms with van der Waals surface area (Å²) in [5.41, 5.74) is 6.69. The molecular weight excluding hydrogens is 367 g/mol. The summed E-state index contributed by atoms with van der Waals surface area (Å²) in [5, 5.41) is 8.05. The molecular formula is C11H12F2IN5. The number of pyridine rings is 1. The number of hydrogen-bond acceptors (Lipinski definition) is 4. The molecule has 0 aliphatic carbocycles. The van der Waals surface area contributed by atoms with Gasteiger partial charge in [0.05, 0.1) is 23.0 Å². The Bertz CT molecular complexity index is 614. The Hall–Kier alpha value is -1.03. The maximum Gasteiger partial charge on any atom is 0.253 e. The van der Waals surface area contributed by atoms with Crippen LogP contribution in [-0.4, -0.2) is 33.8 Å². The monoisotopic (exact) mass is 379 g/mol. The summed E-state index contributed by atoms with van der Waals surface area (Å²) in [6.07, 6.45) is -0.372. The molecule has 1 saturated heterocycles. The lowest BCUT2D eigenvalue weighted by Gasteiger charge is -2.11. The molecule has 5 nitrogen and oxygen atoms in total. The van der Waals surface area contributed by atoms with Crippen LogP contribution >= 0.6 is 22.6 Å². The highest BCUT2D eigenvalue weighted by Crippen LogP contribution is 2.30. The molecule has 0 bridgehead atoms. The Kier molecular flexibility index (Phi) is 3.29. The summed E-state index contributed by atoms with van der Waals surface area (Å²) in [6, 6.07) is 0.976. The van der Waals surface area contributed by atoms with E-state index in [1.165, 1.54) is 0 Å². The molecule has 3 heterocycles. The molecule has 3 N–H and O–H groups in total. The van der Waals surface area contributed by atoms with Crippen LogP contribution in [0.1, 0.15) is 12.5 Å². The van der Waals surface area contributed by atoms with Crippen molar-refractivity contribution in [2.45, 2.75) is 24.9 Å². The third kappa shape index (κ3) is 2.16. The van der Waals surface area contributed by atoms with Crippen LogP contribution in [0.4, 0.5) is 14.6 Å². The van der Waals surface area contributed by atoms with Crippen molar-refractivity contribution in [3.63, 3.8) is 0 Å². The fourth-order valence-electron chi connectivity index (χ4n) is 2.47. The average molecular weight is 379 g/mol. The zero-order valence-electron chi connectivity index (χ0n) is 9.85. The molecule has 1 aliphatic rings. The van der Waals surface area contributed by atoms with E-state index < -0.39 is 12.5 Å². The van der Waals surface area contributed by atoms with E-state index in [-0.39, 0.29) is 6.04 Å². The van der Waals surface area contributed by atoms with E-state index in [0.717, 1.165) is 14.6 Å². The van der Waals surface area contributed by atoms with Gasteiger partial charge >= 0.3 is 0 Å². The van der Waals surface area contributed by atoms with Gasteiger partial charge in [0.2, 0.25) is 0 Å². The summed E-state index contributed by atoms with van der Waals surface area (Å²) in [6.45, 7) is 0.490. The molecule has 102 valence electrons. The van der Waals surface area contributed by atoms with Gasteiger partial charge < -0.3 is 11.1 Å². The Morgan fingerprint density at radius 3 is 3.00 bits per heavy atom. The largest absolute Gasteiger partial charge is 0.383 e. The van der Waals surface area contributed by atoms with E-state index in [1.54, 1.807) is 10.9 Å². The maximum absolute atomic E-state index is 12.7. The van der Waals surface area contributed by atoms with E-state index in [4.69, 9.17) is 5.73 Å². The van der Waals surface area contributed by atoms with Crippen molar-refractivity contribution in [1.29, 1.82) is 0 Å². The van der Waals surface area contributed by atoms with Crippen molar-refractivity contribution in [2.75, 3.05) is 12.3 Å². The second-order valence-electron chi connectivity index (χ2n) is 4.56. The highest BCUT2D eigenvalue weighted by Gasteiger charge is 2.33. The predicted octanol–water partition coefficient (Wildman–Crippen LogP) is 1.79. The first-order valence-electron chi connectivity index (χ1n) is 5.87. The lowest BCUT2D eigenvalue weighted by Crippen LogP contribution is -2.28. The van der Waals surface area contributed by atoms with Crippen LogP contribution < -0.4 is 11.1 Å². The van der Waals surface area contributed by atoms with Gasteiger partial charge in [-0.3, -0.25) is 4.68 Å². The van der Waals surface area contributed by atoms with Crippen LogP contribution in [-0.2, 0) is 0 Å². The minimum atomic E-state index is -2.35. The zero-order chi connectivity index (χ0) is 13.6. The number of halogens is 3. The summed E-state index contributed by atoms with van der Waals surface area (Å²) < 4.78 is 27.9. The van der Waals surface area contributed by atoms with Gasteiger partial charge in [0.15, 0.2) is 0 Å². The minimum Gasteiger partial charge on any atom is -0.383 e. The fourth-order valence-corrected chi connectivity index (χ4v) is 3.26. The van der Waals surface area contributed by atoms with Crippen LogP contribution in [0.3, 0.4) is 0 Å². The Morgan fingerprint density at radius 1 is 1.53 bits per heavy atom. The molecule has 1 fully saturated rings. The molecule has 19 heavy (non-hydrogen) atoms. The van der Waals surface area contributed by atoms with Gasteiger partial charge in [-0.2, -0.15) is 5.10 Å². The number of aromatic nitrogens is 3. The summed E-state index contributed by atoms with van der Waals surface area (Å²) in [4.78, 5) is 4.04. The smallest absolute Gasteiger partial charge is 0.253 e. The van der Waals surface area contributed by atoms with Gasteiger partial charge in [0.25, 0.3) is 6.43 Å². The van der Waals surface area contributed by atoms with Gasteiger partial charge in [0.1, 0.15) is 9.52 Å². The number of rotatable bonds is 2. The molecule has 0 saturated carbocycles. The SMILES string of the molecule is Nc1nccc2c1c(I)nn2[C@@H]1CNC(C(F)F)C1. The van der Waals surface area contributed by atoms with Crippen LogP contribution in [0.5, 0.6) is 0 Å². The normalized spacial score (nSPS) is 23.6. The summed E-state index contributed by atoms with van der Waals surface area (Å²) >= 11 is 2.09. The Balaban J connectivity index is 2.01. The van der Waals surface area contributed by atoms with E-state index in [1.807, 2.05) is 6.07 Å². The number of nitrogens with zero attached hydrogens (tertiary/aromatic N) is 3. The van der Waals surface area contributed by atoms with Crippen LogP contribution in [0.25, 0.3) is 10.9 Å². The predicted molar refractivity (Wildman–Crippen MR) is 76.1 cm³/mol. The third-order valence-electron chi connectivity index (χ3n) is 3.40. The van der Waals surface area contributed by atoms with Crippen molar-refractivity contribution in [1.82, 2.24) is 20.1 Å². The van der Waals surface area contributed by atoms with E-state index in [0.29, 0.717) is 18.8 Å². The lowest BCUT2D eigenvalue weighted by molar-refractivity contribution is 0.106. The van der Waals surface area contributed by atoms with E-state index >= 15 is 0 Å². The van der Waals surface area contributed by atoms with Crippen LogP contribution in [0.2, 0.25) is 0 Å². The second-order valence-corrected chi connectivity index (χ2v) is 5.59. The first-order valence-corrected chi connectivity index (χ1v) is 6.95. The van der Waals surface area contributed by atoms with Gasteiger partial charge in [-0.05, 0) is 35.1 Å². The number of nitrogens with one attached hydrogen (secondary N) is 1. The molecule has 0 radical (unpaired) electrons. The molecule has 8 heteroatoms. The van der Waals surface area contributed by atoms with E-state index in [9.17, 15) is 8.78 Å². The number of hydrogen-bond donors (Lipinski definition) is 2. The number of alkyl halides is 2. The lowest BCUT2D eigenvalue weighted by atomic mass is 10.2. The quantitative estimate of drug-likeness (QED) is 0.781. The van der Waals surface area contributed by atoms with Crippen molar-refractivity contribution >= 4 is 39.3 Å². The van der Waals surface area contributed by atoms with Crippen molar-refractivity contribution < 1.29 is 8.78 Å². The zero-order valence-corrected chi connectivity index (χ0v) is 12.0. The topological polar surface area (TPSA) is 68.8 Å². The molecule has 0 amide bonds. The molecule has 0 spiro atoms. The van der Waals surface area contributed by atoms with Crippen LogP contribution in [0, 0.1) is 3.70 Å². The minimum absolute atomic E-state index is 0.0770. The van der Waals surface area contributed by atoms with Gasteiger partial charge in [0, 0.05) is 12.7 Å². The first-order chi connectivity index (χ1) is 9.08. The van der Waals surface area contributed by atoms with Gasteiger partial charge in [-0.1, -0.05) is 0 Å². The number of fused-ring (bicyclic) bond motifs is 1. The second kappa shape index (κ2) is 4.82. The maximum atomic E-state index is 12.7. The Morgan fingerprint density at radius 2 is 2.32 bits per heavy atom. The molecule has 2 aromatic rings. The van der Waals surface area contributed by atoms with Crippen molar-refractivity contribution in [2.24, 2.45) is 0 Å². The molecule has 2 aromatic heterocycles. The third-order valence-corrected chi connectivity index (χ3v) is 4.15. The highest BCUT2D eigenvalue weighted by molar-refractivity contribution is 14.1. The molecule has 1 aliphatic heterocycles. The summed E-state index contributed by atoms with van der Waals surface area (Å²) in [5.74, 6) is 0.421. The number of anilines is 1. The highest BCUT2D eigenvalue weighted by atomic mass is 127. The van der Waals surface area contributed by atoms with Crippen molar-refractivity contribution in [3.8, 4) is 0 Å². The molecule has 3 rings (SSSR count). The molecule has 2 atom stereocenters. The van der Waals surface area contributed by atoms with Crippen LogP contribution in [0.15, 0.2) is 12.3 Å². The standard InChI is InChI=1S/C11H12F2IN5/c12-9(13)6-3-5(4-17-6)19-7-1-2-16-11(15)8(7)10(14)18-19/h1-2,5-6,9,17H,3-4H2,(H2,15,16)/t5-,6?/m0/s1. The molecule has 1 unspecified atom stereocenters. The number of nitrogens with two attached hydrogens (primary N) is 1. The molecule has 0 aromatic carbocycles. The van der Waals surface area contributed by atoms with Gasteiger partial charge in [-0.15, -0.1) is 0 Å². The van der Waals surface area contributed by atoms with Crippen molar-refractivity contribution in [3.05, 3.63) is 16.0 Å². The number of nitrogen functional groups attached to an aromatic ring is 1. The van der Waals surface area contributed by atoms with Gasteiger partial charge in [-0.25, -0.2) is 13.8 Å². The Labute approximate surface area is 121 Å². The first kappa shape index (κ1) is 13.0. The van der Waals surface area contributed by atoms with E-state index in [2.05, 4.69) is 38.0 Å². The average Bonchev–Trinajstić information content (AvgIpc) is 2.95.